The summed E-state index contributed by atoms with van der Waals surface area (Å²) in [6.45, 7) is 2.88. The van der Waals surface area contributed by atoms with Crippen LogP contribution in [-0.2, 0) is 0 Å². The van der Waals surface area contributed by atoms with Gasteiger partial charge < -0.3 is 5.32 Å². The monoisotopic (exact) mass is 257 g/mol. The van der Waals surface area contributed by atoms with Crippen LogP contribution in [-0.4, -0.2) is 27.5 Å². The lowest BCUT2D eigenvalue weighted by molar-refractivity contribution is 0.379. The molecule has 1 N–H and O–H groups in total. The molecule has 0 bridgehead atoms. The van der Waals surface area contributed by atoms with E-state index in [0.717, 1.165) is 18.1 Å². The molecular weight excluding hydrogens is 242 g/mol. The summed E-state index contributed by atoms with van der Waals surface area (Å²) in [6, 6.07) is 1.93. The fourth-order valence-electron chi connectivity index (χ4n) is 1.90. The zero-order chi connectivity index (χ0) is 11.6. The minimum atomic E-state index is 0.314. The molecule has 0 aromatic carbocycles. The Morgan fingerprint density at radius 2 is 2.25 bits per heavy atom. The van der Waals surface area contributed by atoms with Crippen molar-refractivity contribution >= 4 is 29.2 Å². The molecule has 0 spiro atoms. The van der Waals surface area contributed by atoms with E-state index in [1.807, 2.05) is 24.8 Å². The van der Waals surface area contributed by atoms with Crippen LogP contribution in [0, 0.1) is 6.92 Å². The second kappa shape index (κ2) is 4.80. The van der Waals surface area contributed by atoms with Crippen molar-refractivity contribution in [3.8, 4) is 0 Å². The third kappa shape index (κ3) is 2.61. The first-order chi connectivity index (χ1) is 7.63. The Balaban J connectivity index is 1.98. The molecule has 16 heavy (non-hydrogen) atoms. The third-order valence-corrected chi connectivity index (χ3v) is 4.70. The Morgan fingerprint density at radius 1 is 1.50 bits per heavy atom. The molecule has 3 nitrogen and oxygen atoms in total. The standard InChI is InChI=1S/C11H16ClN3S/c1-8-6-9(15-10(12)14-8)13-7-11(16-2)4-3-5-11/h6H,3-5,7H2,1-2H3,(H,13,14,15). The Labute approximate surface area is 105 Å². The van der Waals surface area contributed by atoms with E-state index in [4.69, 9.17) is 11.6 Å². The van der Waals surface area contributed by atoms with Crippen LogP contribution >= 0.6 is 23.4 Å². The average molecular weight is 258 g/mol. The summed E-state index contributed by atoms with van der Waals surface area (Å²) in [5, 5.41) is 3.68. The number of thioether (sulfide) groups is 1. The van der Waals surface area contributed by atoms with Crippen molar-refractivity contribution in [1.29, 1.82) is 0 Å². The summed E-state index contributed by atoms with van der Waals surface area (Å²) < 4.78 is 0.408. The highest BCUT2D eigenvalue weighted by Gasteiger charge is 2.35. The average Bonchev–Trinajstić information content (AvgIpc) is 2.15. The molecule has 0 aliphatic heterocycles. The molecule has 5 heteroatoms. The lowest BCUT2D eigenvalue weighted by atomic mass is 9.84. The molecule has 1 aliphatic rings. The molecule has 0 radical (unpaired) electrons. The molecule has 0 atom stereocenters. The summed E-state index contributed by atoms with van der Waals surface area (Å²) in [6.07, 6.45) is 6.10. The summed E-state index contributed by atoms with van der Waals surface area (Å²) in [4.78, 5) is 8.21. The molecule has 1 saturated carbocycles. The minimum Gasteiger partial charge on any atom is -0.369 e. The highest BCUT2D eigenvalue weighted by Crippen LogP contribution is 2.42. The number of anilines is 1. The van der Waals surface area contributed by atoms with E-state index >= 15 is 0 Å². The molecule has 1 fully saturated rings. The number of hydrogen-bond acceptors (Lipinski definition) is 4. The van der Waals surface area contributed by atoms with Gasteiger partial charge in [-0.2, -0.15) is 11.8 Å². The predicted octanol–water partition coefficient (Wildman–Crippen LogP) is 3.14. The molecule has 88 valence electrons. The maximum absolute atomic E-state index is 5.81. The fraction of sp³-hybridized carbons (Fsp3) is 0.636. The van der Waals surface area contributed by atoms with Crippen LogP contribution < -0.4 is 5.32 Å². The van der Waals surface area contributed by atoms with Crippen LogP contribution in [0.5, 0.6) is 0 Å². The van der Waals surface area contributed by atoms with Crippen molar-refractivity contribution in [3.05, 3.63) is 17.0 Å². The summed E-state index contributed by atoms with van der Waals surface area (Å²) in [7, 11) is 0. The molecule has 0 unspecified atom stereocenters. The molecule has 0 saturated heterocycles. The van der Waals surface area contributed by atoms with Gasteiger partial charge >= 0.3 is 0 Å². The number of hydrogen-bond donors (Lipinski definition) is 1. The number of aryl methyl sites for hydroxylation is 1. The van der Waals surface area contributed by atoms with Crippen molar-refractivity contribution in [2.45, 2.75) is 30.9 Å². The van der Waals surface area contributed by atoms with Crippen LogP contribution in [0.3, 0.4) is 0 Å². The van der Waals surface area contributed by atoms with Crippen LogP contribution in [0.1, 0.15) is 25.0 Å². The van der Waals surface area contributed by atoms with Crippen LogP contribution in [0.4, 0.5) is 5.82 Å². The predicted molar refractivity (Wildman–Crippen MR) is 70.4 cm³/mol. The largest absolute Gasteiger partial charge is 0.369 e. The smallest absolute Gasteiger partial charge is 0.224 e. The molecule has 1 aromatic heterocycles. The quantitative estimate of drug-likeness (QED) is 0.841. The third-order valence-electron chi connectivity index (χ3n) is 3.12. The number of nitrogens with zero attached hydrogens (tertiary/aromatic N) is 2. The van der Waals surface area contributed by atoms with Gasteiger partial charge in [0, 0.05) is 23.1 Å². The number of aromatic nitrogens is 2. The van der Waals surface area contributed by atoms with E-state index < -0.39 is 0 Å². The van der Waals surface area contributed by atoms with Crippen LogP contribution in [0.25, 0.3) is 0 Å². The summed E-state index contributed by atoms with van der Waals surface area (Å²) in [5.74, 6) is 0.831. The number of nitrogens with one attached hydrogen (secondary N) is 1. The highest BCUT2D eigenvalue weighted by molar-refractivity contribution is 8.00. The van der Waals surface area contributed by atoms with Crippen LogP contribution in [0.15, 0.2) is 6.07 Å². The van der Waals surface area contributed by atoms with Crippen LogP contribution in [0.2, 0.25) is 5.28 Å². The van der Waals surface area contributed by atoms with Gasteiger partial charge in [-0.15, -0.1) is 0 Å². The second-order valence-corrected chi connectivity index (χ2v) is 5.87. The van der Waals surface area contributed by atoms with E-state index in [0.29, 0.717) is 10.0 Å². The molecule has 0 amide bonds. The maximum Gasteiger partial charge on any atom is 0.224 e. The Kier molecular flexibility index (Phi) is 3.60. The lowest BCUT2D eigenvalue weighted by Crippen LogP contribution is -2.40. The van der Waals surface area contributed by atoms with Gasteiger partial charge in [0.05, 0.1) is 0 Å². The van der Waals surface area contributed by atoms with E-state index in [2.05, 4.69) is 21.5 Å². The highest BCUT2D eigenvalue weighted by atomic mass is 35.5. The Bertz CT molecular complexity index is 354. The van der Waals surface area contributed by atoms with Gasteiger partial charge in [-0.1, -0.05) is 6.42 Å². The first kappa shape index (κ1) is 12.0. The van der Waals surface area contributed by atoms with Crippen molar-refractivity contribution in [3.63, 3.8) is 0 Å². The van der Waals surface area contributed by atoms with Gasteiger partial charge in [0.25, 0.3) is 0 Å². The first-order valence-electron chi connectivity index (χ1n) is 5.44. The van der Waals surface area contributed by atoms with Gasteiger partial charge in [0.15, 0.2) is 0 Å². The second-order valence-electron chi connectivity index (χ2n) is 4.26. The van der Waals surface area contributed by atoms with Crippen molar-refractivity contribution < 1.29 is 0 Å². The van der Waals surface area contributed by atoms with E-state index in [1.165, 1.54) is 19.3 Å². The van der Waals surface area contributed by atoms with Gasteiger partial charge in [0.1, 0.15) is 5.82 Å². The van der Waals surface area contributed by atoms with Crippen molar-refractivity contribution in [1.82, 2.24) is 9.97 Å². The topological polar surface area (TPSA) is 37.8 Å². The maximum atomic E-state index is 5.81. The molecule has 1 aromatic rings. The molecular formula is C11H16ClN3S. The SMILES string of the molecule is CSC1(CNc2cc(C)nc(Cl)n2)CCC1. The Hall–Kier alpha value is -0.480. The van der Waals surface area contributed by atoms with Gasteiger partial charge in [0.2, 0.25) is 5.28 Å². The number of rotatable bonds is 4. The zero-order valence-corrected chi connectivity index (χ0v) is 11.2. The van der Waals surface area contributed by atoms with Gasteiger partial charge in [-0.25, -0.2) is 9.97 Å². The summed E-state index contributed by atoms with van der Waals surface area (Å²) in [5.41, 5.74) is 0.898. The fourth-order valence-corrected chi connectivity index (χ4v) is 3.04. The molecule has 1 aliphatic carbocycles. The van der Waals surface area contributed by atoms with E-state index in [-0.39, 0.29) is 0 Å². The first-order valence-corrected chi connectivity index (χ1v) is 7.04. The van der Waals surface area contributed by atoms with Gasteiger partial charge in [-0.05, 0) is 37.6 Å². The van der Waals surface area contributed by atoms with Gasteiger partial charge in [-0.3, -0.25) is 0 Å². The molecule has 1 heterocycles. The summed E-state index contributed by atoms with van der Waals surface area (Å²) >= 11 is 7.76. The Morgan fingerprint density at radius 3 is 2.75 bits per heavy atom. The van der Waals surface area contributed by atoms with E-state index in [1.54, 1.807) is 0 Å². The molecule has 2 rings (SSSR count). The lowest BCUT2D eigenvalue weighted by Gasteiger charge is -2.40. The zero-order valence-electron chi connectivity index (χ0n) is 9.59. The number of halogens is 1. The minimum absolute atomic E-state index is 0.314. The van der Waals surface area contributed by atoms with Crippen molar-refractivity contribution in [2.24, 2.45) is 0 Å². The van der Waals surface area contributed by atoms with E-state index in [9.17, 15) is 0 Å². The van der Waals surface area contributed by atoms with Crippen molar-refractivity contribution in [2.75, 3.05) is 18.1 Å². The normalized spacial score (nSPS) is 17.9.